The molecule has 0 radical (unpaired) electrons. The Kier molecular flexibility index (Phi) is 6.34. The summed E-state index contributed by atoms with van der Waals surface area (Å²) in [5.41, 5.74) is 3.94. The van der Waals surface area contributed by atoms with Crippen LogP contribution in [0, 0.1) is 24.2 Å². The average Bonchev–Trinajstić information content (AvgIpc) is 3.49. The number of aryl methyl sites for hydroxylation is 1. The number of hydrogen-bond donors (Lipinski definition) is 1. The number of nitrogens with zero attached hydrogens (tertiary/aromatic N) is 4. The fourth-order valence-corrected chi connectivity index (χ4v) is 4.19. The lowest BCUT2D eigenvalue weighted by Gasteiger charge is -2.13. The molecule has 9 heteroatoms. The van der Waals surface area contributed by atoms with E-state index in [4.69, 9.17) is 13.9 Å². The number of rotatable bonds is 8. The van der Waals surface area contributed by atoms with Crippen molar-refractivity contribution >= 4 is 22.7 Å². The van der Waals surface area contributed by atoms with Crippen LogP contribution in [0.3, 0.4) is 0 Å². The number of benzene rings is 2. The minimum absolute atomic E-state index is 0.168. The van der Waals surface area contributed by atoms with Crippen molar-refractivity contribution in [2.45, 2.75) is 52.9 Å². The number of carbonyl (C=O) groups excluding carboxylic acids is 1. The van der Waals surface area contributed by atoms with Crippen LogP contribution in [-0.2, 0) is 17.9 Å². The van der Waals surface area contributed by atoms with Crippen molar-refractivity contribution in [1.82, 2.24) is 14.8 Å². The Morgan fingerprint density at radius 3 is 2.64 bits per heavy atom. The number of amides is 1. The van der Waals surface area contributed by atoms with Crippen molar-refractivity contribution in [3.63, 3.8) is 0 Å². The number of aromatic nitrogens is 3. The molecule has 0 atom stereocenters. The third kappa shape index (κ3) is 5.03. The first kappa shape index (κ1) is 23.4. The van der Waals surface area contributed by atoms with Gasteiger partial charge in [0.25, 0.3) is 5.89 Å². The Morgan fingerprint density at radius 2 is 2.00 bits per heavy atom. The summed E-state index contributed by atoms with van der Waals surface area (Å²) in [7, 11) is 0. The van der Waals surface area contributed by atoms with E-state index in [9.17, 15) is 10.1 Å². The molecule has 1 amide bonds. The molecular formula is C27H27N5O4. The molecule has 1 N–H and O–H groups in total. The smallest absolute Gasteiger partial charge is 0.411 e. The van der Waals surface area contributed by atoms with Crippen molar-refractivity contribution in [1.29, 1.82) is 5.26 Å². The van der Waals surface area contributed by atoms with Gasteiger partial charge in [0.15, 0.2) is 6.61 Å². The lowest BCUT2D eigenvalue weighted by atomic mass is 10.1. The maximum absolute atomic E-state index is 11.9. The van der Waals surface area contributed by atoms with Crippen LogP contribution in [0.15, 0.2) is 46.9 Å². The monoisotopic (exact) mass is 485 g/mol. The minimum atomic E-state index is -0.499. The quantitative estimate of drug-likeness (QED) is 0.334. The summed E-state index contributed by atoms with van der Waals surface area (Å²) >= 11 is 0. The van der Waals surface area contributed by atoms with Crippen LogP contribution in [0.5, 0.6) is 5.75 Å². The highest BCUT2D eigenvalue weighted by Crippen LogP contribution is 2.39. The number of ether oxygens (including phenoxy) is 2. The molecule has 2 heterocycles. The van der Waals surface area contributed by atoms with Gasteiger partial charge in [-0.1, -0.05) is 12.1 Å². The molecule has 2 aromatic carbocycles. The number of hydrogen-bond acceptors (Lipinski definition) is 7. The van der Waals surface area contributed by atoms with Gasteiger partial charge in [-0.3, -0.25) is 5.32 Å². The van der Waals surface area contributed by atoms with Crippen LogP contribution < -0.4 is 10.1 Å². The molecule has 1 fully saturated rings. The number of anilines is 1. The molecule has 1 aliphatic rings. The molecule has 0 unspecified atom stereocenters. The Morgan fingerprint density at radius 1 is 1.22 bits per heavy atom. The summed E-state index contributed by atoms with van der Waals surface area (Å²) in [5, 5.41) is 21.5. The third-order valence-electron chi connectivity index (χ3n) is 5.96. The van der Waals surface area contributed by atoms with Gasteiger partial charge in [0, 0.05) is 30.6 Å². The summed E-state index contributed by atoms with van der Waals surface area (Å²) in [5.74, 6) is 2.14. The molecule has 4 aromatic rings. The van der Waals surface area contributed by atoms with Gasteiger partial charge in [-0.15, -0.1) is 10.2 Å². The van der Waals surface area contributed by atoms with Crippen molar-refractivity contribution in [2.75, 3.05) is 5.32 Å². The number of carbonyl (C=O) groups is 1. The highest BCUT2D eigenvalue weighted by Gasteiger charge is 2.27. The second-order valence-electron chi connectivity index (χ2n) is 9.23. The van der Waals surface area contributed by atoms with E-state index < -0.39 is 6.09 Å². The maximum Gasteiger partial charge on any atom is 0.411 e. The standard InChI is InChI=1S/C27H27N5O4/c1-16(2)35-27(33)29-20-8-6-19(7-9-20)26-23(13-28)22-11-10-21(34-15-25-31-30-17(3)36-25)12-24(22)32(26)14-18-4-5-18/h6-12,16,18H,4-5,14-15H2,1-3H3,(H,29,33). The molecule has 184 valence electrons. The zero-order valence-electron chi connectivity index (χ0n) is 20.4. The van der Waals surface area contributed by atoms with E-state index in [-0.39, 0.29) is 12.7 Å². The van der Waals surface area contributed by atoms with Crippen LogP contribution in [0.4, 0.5) is 10.5 Å². The summed E-state index contributed by atoms with van der Waals surface area (Å²) in [6.45, 7) is 6.32. The van der Waals surface area contributed by atoms with Crippen molar-refractivity contribution in [2.24, 2.45) is 5.92 Å². The Bertz CT molecular complexity index is 1440. The van der Waals surface area contributed by atoms with E-state index in [2.05, 4.69) is 26.2 Å². The SMILES string of the molecule is Cc1nnc(COc2ccc3c(C#N)c(-c4ccc(NC(=O)OC(C)C)cc4)n(CC4CC4)c3c2)o1. The van der Waals surface area contributed by atoms with Crippen LogP contribution in [0.25, 0.3) is 22.2 Å². The maximum atomic E-state index is 11.9. The van der Waals surface area contributed by atoms with Gasteiger partial charge in [0.05, 0.1) is 22.9 Å². The van der Waals surface area contributed by atoms with Crippen LogP contribution in [0.1, 0.15) is 44.0 Å². The van der Waals surface area contributed by atoms with E-state index in [0.717, 1.165) is 28.7 Å². The largest absolute Gasteiger partial charge is 0.484 e. The van der Waals surface area contributed by atoms with E-state index in [1.807, 2.05) is 42.5 Å². The Balaban J connectivity index is 1.49. The molecule has 9 nitrogen and oxygen atoms in total. The van der Waals surface area contributed by atoms with Gasteiger partial charge in [-0.2, -0.15) is 5.26 Å². The first-order valence-electron chi connectivity index (χ1n) is 12.0. The van der Waals surface area contributed by atoms with Gasteiger partial charge in [0.2, 0.25) is 5.89 Å². The second-order valence-corrected chi connectivity index (χ2v) is 9.23. The normalized spacial score (nSPS) is 13.1. The van der Waals surface area contributed by atoms with E-state index in [0.29, 0.717) is 34.7 Å². The second kappa shape index (κ2) is 9.74. The van der Waals surface area contributed by atoms with E-state index in [1.165, 1.54) is 12.8 Å². The molecule has 1 aliphatic carbocycles. The topological polar surface area (TPSA) is 115 Å². The van der Waals surface area contributed by atoms with Gasteiger partial charge >= 0.3 is 6.09 Å². The van der Waals surface area contributed by atoms with Gasteiger partial charge in [0.1, 0.15) is 11.8 Å². The molecular weight excluding hydrogens is 458 g/mol. The van der Waals surface area contributed by atoms with E-state index in [1.54, 1.807) is 20.8 Å². The van der Waals surface area contributed by atoms with Crippen molar-refractivity contribution in [3.05, 3.63) is 59.8 Å². The van der Waals surface area contributed by atoms with Gasteiger partial charge in [-0.05, 0) is 62.4 Å². The summed E-state index contributed by atoms with van der Waals surface area (Å²) in [4.78, 5) is 11.9. The molecule has 0 bridgehead atoms. The number of nitriles is 1. The summed E-state index contributed by atoms with van der Waals surface area (Å²) < 4.78 is 18.7. The summed E-state index contributed by atoms with van der Waals surface area (Å²) in [6, 6.07) is 15.6. The Labute approximate surface area is 208 Å². The zero-order chi connectivity index (χ0) is 25.2. The first-order chi connectivity index (χ1) is 17.4. The van der Waals surface area contributed by atoms with Crippen LogP contribution in [0.2, 0.25) is 0 Å². The van der Waals surface area contributed by atoms with E-state index >= 15 is 0 Å². The molecule has 0 spiro atoms. The lowest BCUT2D eigenvalue weighted by molar-refractivity contribution is 0.130. The minimum Gasteiger partial charge on any atom is -0.484 e. The fourth-order valence-electron chi connectivity index (χ4n) is 4.19. The number of fused-ring (bicyclic) bond motifs is 1. The Hall–Kier alpha value is -4.32. The highest BCUT2D eigenvalue weighted by molar-refractivity contribution is 5.95. The van der Waals surface area contributed by atoms with Crippen molar-refractivity contribution < 1.29 is 18.7 Å². The fraction of sp³-hybridized carbons (Fsp3) is 0.333. The zero-order valence-corrected chi connectivity index (χ0v) is 20.4. The molecule has 0 aliphatic heterocycles. The molecule has 5 rings (SSSR count). The lowest BCUT2D eigenvalue weighted by Crippen LogP contribution is -2.17. The van der Waals surface area contributed by atoms with Crippen LogP contribution >= 0.6 is 0 Å². The predicted octanol–water partition coefficient (Wildman–Crippen LogP) is 5.82. The molecule has 1 saturated carbocycles. The first-order valence-corrected chi connectivity index (χ1v) is 12.0. The van der Waals surface area contributed by atoms with Crippen molar-refractivity contribution in [3.8, 4) is 23.1 Å². The third-order valence-corrected chi connectivity index (χ3v) is 5.96. The average molecular weight is 486 g/mol. The molecule has 0 saturated heterocycles. The van der Waals surface area contributed by atoms with Gasteiger partial charge in [-0.25, -0.2) is 4.79 Å². The predicted molar refractivity (Wildman–Crippen MR) is 133 cm³/mol. The molecule has 2 aromatic heterocycles. The number of nitrogens with one attached hydrogen (secondary N) is 1. The molecule has 36 heavy (non-hydrogen) atoms. The van der Waals surface area contributed by atoms with Crippen LogP contribution in [-0.4, -0.2) is 27.0 Å². The summed E-state index contributed by atoms with van der Waals surface area (Å²) in [6.07, 6.45) is 1.65. The van der Waals surface area contributed by atoms with Gasteiger partial charge < -0.3 is 18.5 Å². The highest BCUT2D eigenvalue weighted by atomic mass is 16.6.